The van der Waals surface area contributed by atoms with Gasteiger partial charge in [0.25, 0.3) is 0 Å². The Bertz CT molecular complexity index is 902. The number of amidine groups is 1. The average molecular weight is 395 g/mol. The second kappa shape index (κ2) is 10.2. The molecule has 0 amide bonds. The van der Waals surface area contributed by atoms with Crippen LogP contribution < -0.4 is 16.8 Å². The van der Waals surface area contributed by atoms with E-state index in [0.717, 1.165) is 5.56 Å². The lowest BCUT2D eigenvalue weighted by Gasteiger charge is -2.22. The van der Waals surface area contributed by atoms with Gasteiger partial charge < -0.3 is 21.7 Å². The van der Waals surface area contributed by atoms with Crippen LogP contribution in [0.25, 0.3) is 5.57 Å². The Hall–Kier alpha value is -3.37. The van der Waals surface area contributed by atoms with Crippen LogP contribution in [0.3, 0.4) is 0 Å². The fraction of sp³-hybridized carbons (Fsp3) is 0.273. The van der Waals surface area contributed by atoms with Crippen molar-refractivity contribution in [3.05, 3.63) is 65.3 Å². The summed E-state index contributed by atoms with van der Waals surface area (Å²) in [7, 11) is 0. The van der Waals surface area contributed by atoms with Crippen molar-refractivity contribution in [2.45, 2.75) is 13.3 Å². The van der Waals surface area contributed by atoms with Crippen LogP contribution in [0, 0.1) is 19.3 Å². The minimum atomic E-state index is -1.14. The molecular weight excluding hydrogens is 369 g/mol. The number of nitrogens with one attached hydrogen (secondary N) is 1. The summed E-state index contributed by atoms with van der Waals surface area (Å²) in [5.74, 6) is 2.22. The third-order valence-electron chi connectivity index (χ3n) is 4.43. The van der Waals surface area contributed by atoms with Gasteiger partial charge in [0.2, 0.25) is 5.78 Å². The molecule has 152 valence electrons. The van der Waals surface area contributed by atoms with Gasteiger partial charge in [-0.05, 0) is 25.5 Å². The predicted molar refractivity (Wildman–Crippen MR) is 115 cm³/mol. The minimum Gasteiger partial charge on any atom is -0.385 e. The van der Waals surface area contributed by atoms with E-state index in [1.807, 2.05) is 31.2 Å². The van der Waals surface area contributed by atoms with Crippen LogP contribution in [-0.4, -0.2) is 42.8 Å². The van der Waals surface area contributed by atoms with E-state index in [9.17, 15) is 9.18 Å². The van der Waals surface area contributed by atoms with Gasteiger partial charge in [0.1, 0.15) is 11.7 Å². The van der Waals surface area contributed by atoms with Crippen molar-refractivity contribution in [1.29, 1.82) is 0 Å². The van der Waals surface area contributed by atoms with Crippen molar-refractivity contribution in [3.63, 3.8) is 0 Å². The molecule has 0 atom stereocenters. The molecule has 1 aromatic rings. The Kier molecular flexibility index (Phi) is 7.75. The topological polar surface area (TPSA) is 96.7 Å². The van der Waals surface area contributed by atoms with E-state index in [4.69, 9.17) is 17.9 Å². The lowest BCUT2D eigenvalue weighted by Crippen LogP contribution is -2.33. The molecule has 6 nitrogen and oxygen atoms in total. The number of carbonyl (C=O) groups is 1. The summed E-state index contributed by atoms with van der Waals surface area (Å²) in [6.07, 6.45) is 7.22. The van der Waals surface area contributed by atoms with Crippen molar-refractivity contribution in [1.82, 2.24) is 10.2 Å². The number of benzene rings is 1. The number of nitrogens with two attached hydrogens (primary N) is 2. The molecule has 0 saturated carbocycles. The van der Waals surface area contributed by atoms with E-state index >= 15 is 0 Å². The summed E-state index contributed by atoms with van der Waals surface area (Å²) < 4.78 is 13.5. The number of aryl methyl sites for hydroxylation is 1. The van der Waals surface area contributed by atoms with E-state index in [1.165, 1.54) is 6.20 Å². The average Bonchev–Trinajstić information content (AvgIpc) is 3.02. The van der Waals surface area contributed by atoms with Crippen LogP contribution in [0.15, 0.2) is 59.1 Å². The fourth-order valence-corrected chi connectivity index (χ4v) is 3.20. The van der Waals surface area contributed by atoms with Gasteiger partial charge in [0, 0.05) is 18.3 Å². The summed E-state index contributed by atoms with van der Waals surface area (Å²) in [4.78, 5) is 18.6. The number of aliphatic imine (C=N–C) groups is 1. The van der Waals surface area contributed by atoms with Gasteiger partial charge in [0.15, 0.2) is 6.67 Å². The molecular formula is C22H26FN5O. The number of allylic oxidation sites excluding steroid dienone is 1. The lowest BCUT2D eigenvalue weighted by molar-refractivity contribution is -0.117. The van der Waals surface area contributed by atoms with E-state index in [2.05, 4.69) is 22.8 Å². The molecule has 1 aliphatic heterocycles. The maximum absolute atomic E-state index is 13.5. The van der Waals surface area contributed by atoms with Gasteiger partial charge in [-0.1, -0.05) is 42.3 Å². The molecule has 1 aromatic carbocycles. The van der Waals surface area contributed by atoms with Crippen LogP contribution in [0.2, 0.25) is 0 Å². The zero-order chi connectivity index (χ0) is 21.4. The van der Waals surface area contributed by atoms with E-state index in [0.29, 0.717) is 48.6 Å². The highest BCUT2D eigenvalue weighted by molar-refractivity contribution is 6.25. The van der Waals surface area contributed by atoms with Crippen LogP contribution >= 0.6 is 0 Å². The minimum absolute atomic E-state index is 0.00158. The third-order valence-corrected chi connectivity index (χ3v) is 4.43. The molecule has 0 saturated heterocycles. The zero-order valence-electron chi connectivity index (χ0n) is 16.5. The number of ketones is 1. The van der Waals surface area contributed by atoms with Crippen molar-refractivity contribution in [3.8, 4) is 12.3 Å². The van der Waals surface area contributed by atoms with Gasteiger partial charge in [-0.3, -0.25) is 4.79 Å². The number of hydrogen-bond acceptors (Lipinski definition) is 5. The van der Waals surface area contributed by atoms with Crippen LogP contribution in [-0.2, 0) is 4.79 Å². The molecule has 0 fully saturated rings. The smallest absolute Gasteiger partial charge is 0.210 e. The summed E-state index contributed by atoms with van der Waals surface area (Å²) in [5, 5.41) is 3.09. The highest BCUT2D eigenvalue weighted by atomic mass is 19.1. The van der Waals surface area contributed by atoms with Crippen LogP contribution in [0.1, 0.15) is 17.5 Å². The molecule has 0 unspecified atom stereocenters. The van der Waals surface area contributed by atoms with E-state index in [1.54, 1.807) is 4.90 Å². The molecule has 1 aliphatic rings. The first-order valence-electron chi connectivity index (χ1n) is 9.23. The SMILES string of the molecule is C#CCNCCCN1C(C(=O)CF)=C(c2ccc(C)cc2)C(=C(N)N)/C1=N\C=C. The first-order valence-corrected chi connectivity index (χ1v) is 9.23. The number of carbonyl (C=O) groups excluding carboxylic acids is 1. The summed E-state index contributed by atoms with van der Waals surface area (Å²) >= 11 is 0. The van der Waals surface area contributed by atoms with Crippen molar-refractivity contribution < 1.29 is 9.18 Å². The zero-order valence-corrected chi connectivity index (χ0v) is 16.5. The number of alkyl halides is 1. The van der Waals surface area contributed by atoms with Gasteiger partial charge >= 0.3 is 0 Å². The van der Waals surface area contributed by atoms with E-state index < -0.39 is 12.5 Å². The molecule has 29 heavy (non-hydrogen) atoms. The van der Waals surface area contributed by atoms with Gasteiger partial charge in [-0.15, -0.1) is 6.42 Å². The van der Waals surface area contributed by atoms with Crippen molar-refractivity contribution >= 4 is 17.2 Å². The Balaban J connectivity index is 2.61. The second-order valence-electron chi connectivity index (χ2n) is 6.50. The Morgan fingerprint density at radius 2 is 2.07 bits per heavy atom. The molecule has 0 aromatic heterocycles. The lowest BCUT2D eigenvalue weighted by atomic mass is 9.96. The Morgan fingerprint density at radius 1 is 1.38 bits per heavy atom. The standard InChI is InChI=1S/C22H26FN5O/c1-4-11-26-12-6-13-28-20(17(29)14-23)18(16-9-7-15(3)8-10-16)19(21(24)25)22(28)27-5-2/h1,5,7-10,26H,2,6,11-14,24-25H2,3H3/b27-22+. The van der Waals surface area contributed by atoms with Crippen LogP contribution in [0.5, 0.6) is 0 Å². The molecule has 0 aliphatic carbocycles. The largest absolute Gasteiger partial charge is 0.385 e. The maximum atomic E-state index is 13.5. The number of terminal acetylenes is 1. The first kappa shape index (κ1) is 21.9. The first-order chi connectivity index (χ1) is 14.0. The molecule has 0 spiro atoms. The quantitative estimate of drug-likeness (QED) is 0.438. The highest BCUT2D eigenvalue weighted by Crippen LogP contribution is 2.38. The normalized spacial score (nSPS) is 15.0. The van der Waals surface area contributed by atoms with Crippen molar-refractivity contribution in [2.24, 2.45) is 16.5 Å². The van der Waals surface area contributed by atoms with Crippen molar-refractivity contribution in [2.75, 3.05) is 26.3 Å². The maximum Gasteiger partial charge on any atom is 0.210 e. The molecule has 7 heteroatoms. The summed E-state index contributed by atoms with van der Waals surface area (Å²) in [6.45, 7) is 5.91. The Labute approximate surface area is 170 Å². The monoisotopic (exact) mass is 395 g/mol. The number of nitrogens with zero attached hydrogens (tertiary/aromatic N) is 2. The molecule has 1 heterocycles. The molecule has 0 bridgehead atoms. The molecule has 2 rings (SSSR count). The number of hydrogen-bond donors (Lipinski definition) is 3. The third kappa shape index (κ3) is 4.92. The predicted octanol–water partition coefficient (Wildman–Crippen LogP) is 1.84. The van der Waals surface area contributed by atoms with E-state index in [-0.39, 0.29) is 11.5 Å². The summed E-state index contributed by atoms with van der Waals surface area (Å²) in [6, 6.07) is 7.51. The molecule has 5 N–H and O–H groups in total. The van der Waals surface area contributed by atoms with Gasteiger partial charge in [0.05, 0.1) is 17.8 Å². The van der Waals surface area contributed by atoms with Crippen LogP contribution in [0.4, 0.5) is 4.39 Å². The number of halogens is 1. The van der Waals surface area contributed by atoms with Gasteiger partial charge in [-0.25, -0.2) is 9.38 Å². The highest BCUT2D eigenvalue weighted by Gasteiger charge is 2.38. The fourth-order valence-electron chi connectivity index (χ4n) is 3.20. The second-order valence-corrected chi connectivity index (χ2v) is 6.50. The van der Waals surface area contributed by atoms with Gasteiger partial charge in [-0.2, -0.15) is 0 Å². The number of rotatable bonds is 9. The number of Topliss-reactive ketones (excluding diaryl/α,β-unsaturated/α-hetero) is 1. The Morgan fingerprint density at radius 3 is 2.62 bits per heavy atom. The molecule has 0 radical (unpaired) electrons. The summed E-state index contributed by atoms with van der Waals surface area (Å²) in [5.41, 5.74) is 14.8.